The van der Waals surface area contributed by atoms with Gasteiger partial charge >= 0.3 is 0 Å². The van der Waals surface area contributed by atoms with Crippen LogP contribution in [0.5, 0.6) is 0 Å². The number of rotatable bonds is 6. The molecule has 1 fully saturated rings. The van der Waals surface area contributed by atoms with E-state index in [-0.39, 0.29) is 11.3 Å². The van der Waals surface area contributed by atoms with Gasteiger partial charge in [-0.05, 0) is 49.1 Å². The van der Waals surface area contributed by atoms with Crippen molar-refractivity contribution in [3.05, 3.63) is 65.2 Å². The SMILES string of the molecule is Cc1cc(C(=O)NCC2(c3ccccc3)CCOCC2)ccc1NS(C)(=O)=O. The minimum Gasteiger partial charge on any atom is -0.381 e. The second-order valence-electron chi connectivity index (χ2n) is 7.35. The molecule has 7 heteroatoms. The summed E-state index contributed by atoms with van der Waals surface area (Å²) in [6, 6.07) is 15.2. The fourth-order valence-corrected chi connectivity index (χ4v) is 4.22. The highest BCUT2D eigenvalue weighted by Gasteiger charge is 2.34. The van der Waals surface area contributed by atoms with E-state index in [2.05, 4.69) is 22.2 Å². The molecule has 2 aromatic rings. The molecule has 1 saturated heterocycles. The molecule has 0 atom stereocenters. The van der Waals surface area contributed by atoms with E-state index in [1.807, 2.05) is 18.2 Å². The Hall–Kier alpha value is -2.38. The van der Waals surface area contributed by atoms with Gasteiger partial charge in [-0.2, -0.15) is 0 Å². The number of ether oxygens (including phenoxy) is 1. The highest BCUT2D eigenvalue weighted by Crippen LogP contribution is 2.34. The number of carbonyl (C=O) groups excluding carboxylic acids is 1. The molecule has 0 bridgehead atoms. The predicted octanol–water partition coefficient (Wildman–Crippen LogP) is 2.84. The second-order valence-corrected chi connectivity index (χ2v) is 9.09. The zero-order chi connectivity index (χ0) is 20.2. The van der Waals surface area contributed by atoms with E-state index in [1.54, 1.807) is 25.1 Å². The van der Waals surface area contributed by atoms with Crippen LogP contribution in [0.2, 0.25) is 0 Å². The van der Waals surface area contributed by atoms with Gasteiger partial charge in [0.15, 0.2) is 0 Å². The number of sulfonamides is 1. The Morgan fingerprint density at radius 2 is 1.79 bits per heavy atom. The smallest absolute Gasteiger partial charge is 0.251 e. The average molecular weight is 403 g/mol. The summed E-state index contributed by atoms with van der Waals surface area (Å²) in [5.74, 6) is -0.171. The standard InChI is InChI=1S/C21H26N2O4S/c1-16-14-17(8-9-19(16)23-28(2,25)26)20(24)22-15-21(10-12-27-13-11-21)18-6-4-3-5-7-18/h3-9,14,23H,10-13,15H2,1-2H3,(H,22,24). The van der Waals surface area contributed by atoms with Gasteiger partial charge in [-0.15, -0.1) is 0 Å². The molecule has 2 N–H and O–H groups in total. The maximum Gasteiger partial charge on any atom is 0.251 e. The Morgan fingerprint density at radius 3 is 2.39 bits per heavy atom. The van der Waals surface area contributed by atoms with Crippen LogP contribution >= 0.6 is 0 Å². The second kappa shape index (κ2) is 8.32. The lowest BCUT2D eigenvalue weighted by Gasteiger charge is -2.38. The number of nitrogens with one attached hydrogen (secondary N) is 2. The van der Waals surface area contributed by atoms with Gasteiger partial charge in [-0.1, -0.05) is 30.3 Å². The molecule has 0 saturated carbocycles. The molecule has 6 nitrogen and oxygen atoms in total. The Bertz CT molecular complexity index is 936. The largest absolute Gasteiger partial charge is 0.381 e. The van der Waals surface area contributed by atoms with Crippen LogP contribution < -0.4 is 10.0 Å². The van der Waals surface area contributed by atoms with Crippen molar-refractivity contribution in [1.82, 2.24) is 5.32 Å². The average Bonchev–Trinajstić information content (AvgIpc) is 2.68. The van der Waals surface area contributed by atoms with Gasteiger partial charge in [-0.3, -0.25) is 9.52 Å². The first-order valence-electron chi connectivity index (χ1n) is 9.29. The number of aryl methyl sites for hydroxylation is 1. The summed E-state index contributed by atoms with van der Waals surface area (Å²) in [5, 5.41) is 3.07. The molecule has 1 heterocycles. The molecular weight excluding hydrogens is 376 g/mol. The molecule has 1 amide bonds. The van der Waals surface area contributed by atoms with Crippen molar-refractivity contribution in [3.8, 4) is 0 Å². The molecule has 0 aromatic heterocycles. The first-order chi connectivity index (χ1) is 13.3. The molecule has 150 valence electrons. The van der Waals surface area contributed by atoms with Gasteiger partial charge in [0, 0.05) is 30.7 Å². The quantitative estimate of drug-likeness (QED) is 0.778. The van der Waals surface area contributed by atoms with Crippen LogP contribution in [-0.4, -0.2) is 40.3 Å². The highest BCUT2D eigenvalue weighted by molar-refractivity contribution is 7.92. The van der Waals surface area contributed by atoms with Crippen molar-refractivity contribution in [3.63, 3.8) is 0 Å². The van der Waals surface area contributed by atoms with Crippen LogP contribution in [0.3, 0.4) is 0 Å². The van der Waals surface area contributed by atoms with Crippen molar-refractivity contribution in [2.45, 2.75) is 25.2 Å². The lowest BCUT2D eigenvalue weighted by atomic mass is 9.74. The number of carbonyl (C=O) groups is 1. The fraction of sp³-hybridized carbons (Fsp3) is 0.381. The van der Waals surface area contributed by atoms with E-state index in [0.29, 0.717) is 36.6 Å². The van der Waals surface area contributed by atoms with Crippen LogP contribution in [0.1, 0.15) is 34.3 Å². The van der Waals surface area contributed by atoms with E-state index in [9.17, 15) is 13.2 Å². The number of anilines is 1. The third-order valence-corrected chi connectivity index (χ3v) is 5.80. The lowest BCUT2D eigenvalue weighted by Crippen LogP contribution is -2.44. The van der Waals surface area contributed by atoms with Crippen LogP contribution in [-0.2, 0) is 20.2 Å². The third kappa shape index (κ3) is 4.91. The molecule has 0 aliphatic carbocycles. The van der Waals surface area contributed by atoms with E-state index in [4.69, 9.17) is 4.74 Å². The summed E-state index contributed by atoms with van der Waals surface area (Å²) in [6.07, 6.45) is 2.81. The molecule has 1 aliphatic rings. The highest BCUT2D eigenvalue weighted by atomic mass is 32.2. The molecular formula is C21H26N2O4S. The Balaban J connectivity index is 1.74. The summed E-state index contributed by atoms with van der Waals surface area (Å²) in [4.78, 5) is 12.7. The van der Waals surface area contributed by atoms with Gasteiger partial charge < -0.3 is 10.1 Å². The van der Waals surface area contributed by atoms with Crippen LogP contribution in [0, 0.1) is 6.92 Å². The van der Waals surface area contributed by atoms with Crippen molar-refractivity contribution in [2.75, 3.05) is 30.7 Å². The van der Waals surface area contributed by atoms with E-state index >= 15 is 0 Å². The van der Waals surface area contributed by atoms with E-state index in [0.717, 1.165) is 19.1 Å². The van der Waals surface area contributed by atoms with Crippen molar-refractivity contribution < 1.29 is 17.9 Å². The topological polar surface area (TPSA) is 84.5 Å². The van der Waals surface area contributed by atoms with Crippen molar-refractivity contribution in [1.29, 1.82) is 0 Å². The Kier molecular flexibility index (Phi) is 6.05. The molecule has 2 aromatic carbocycles. The molecule has 28 heavy (non-hydrogen) atoms. The zero-order valence-corrected chi connectivity index (χ0v) is 17.0. The van der Waals surface area contributed by atoms with Crippen molar-refractivity contribution >= 4 is 21.6 Å². The van der Waals surface area contributed by atoms with Crippen molar-refractivity contribution in [2.24, 2.45) is 0 Å². The van der Waals surface area contributed by atoms with Crippen LogP contribution in [0.25, 0.3) is 0 Å². The number of amides is 1. The Morgan fingerprint density at radius 1 is 1.11 bits per heavy atom. The Labute approximate surface area is 166 Å². The van der Waals surface area contributed by atoms with Gasteiger partial charge in [0.05, 0.1) is 11.9 Å². The van der Waals surface area contributed by atoms with Gasteiger partial charge in [0.1, 0.15) is 0 Å². The fourth-order valence-electron chi connectivity index (χ4n) is 3.59. The minimum atomic E-state index is -3.36. The van der Waals surface area contributed by atoms with Gasteiger partial charge in [0.25, 0.3) is 5.91 Å². The first kappa shape index (κ1) is 20.4. The van der Waals surface area contributed by atoms with Crippen LogP contribution in [0.4, 0.5) is 5.69 Å². The molecule has 0 unspecified atom stereocenters. The molecule has 3 rings (SSSR count). The first-order valence-corrected chi connectivity index (χ1v) is 11.2. The maximum absolute atomic E-state index is 12.7. The summed E-state index contributed by atoms with van der Waals surface area (Å²) in [5.41, 5.74) is 2.75. The van der Waals surface area contributed by atoms with Gasteiger partial charge in [-0.25, -0.2) is 8.42 Å². The summed E-state index contributed by atoms with van der Waals surface area (Å²) in [6.45, 7) is 3.65. The summed E-state index contributed by atoms with van der Waals surface area (Å²) >= 11 is 0. The molecule has 1 aliphatic heterocycles. The minimum absolute atomic E-state index is 0.137. The molecule has 0 radical (unpaired) electrons. The van der Waals surface area contributed by atoms with E-state index in [1.165, 1.54) is 5.56 Å². The number of hydrogen-bond donors (Lipinski definition) is 2. The number of hydrogen-bond acceptors (Lipinski definition) is 4. The summed E-state index contributed by atoms with van der Waals surface area (Å²) in [7, 11) is -3.36. The normalized spacial score (nSPS) is 16.4. The molecule has 0 spiro atoms. The van der Waals surface area contributed by atoms with E-state index < -0.39 is 10.0 Å². The zero-order valence-electron chi connectivity index (χ0n) is 16.2. The monoisotopic (exact) mass is 402 g/mol. The summed E-state index contributed by atoms with van der Waals surface area (Å²) < 4.78 is 30.8. The van der Waals surface area contributed by atoms with Crippen LogP contribution in [0.15, 0.2) is 48.5 Å². The van der Waals surface area contributed by atoms with Gasteiger partial charge in [0.2, 0.25) is 10.0 Å². The predicted molar refractivity (Wildman–Crippen MR) is 110 cm³/mol. The third-order valence-electron chi connectivity index (χ3n) is 5.21. The maximum atomic E-state index is 12.7. The lowest BCUT2D eigenvalue weighted by molar-refractivity contribution is 0.0487. The number of benzene rings is 2.